The summed E-state index contributed by atoms with van der Waals surface area (Å²) in [5, 5.41) is 16.6. The Kier molecular flexibility index (Phi) is 7.37. The molecular formula is C22H25N5O4S. The van der Waals surface area contributed by atoms with Gasteiger partial charge in [0, 0.05) is 49.8 Å². The van der Waals surface area contributed by atoms with Crippen molar-refractivity contribution in [3.05, 3.63) is 64.2 Å². The topological polar surface area (TPSA) is 108 Å². The van der Waals surface area contributed by atoms with Gasteiger partial charge in [0.05, 0.1) is 16.3 Å². The van der Waals surface area contributed by atoms with E-state index in [0.29, 0.717) is 26.2 Å². The molecule has 1 aliphatic rings. The number of carbonyl (C=O) groups is 2. The second-order valence-corrected chi connectivity index (χ2v) is 8.11. The van der Waals surface area contributed by atoms with E-state index in [1.54, 1.807) is 0 Å². The Labute approximate surface area is 191 Å². The van der Waals surface area contributed by atoms with Crippen LogP contribution in [0.25, 0.3) is 0 Å². The highest BCUT2D eigenvalue weighted by molar-refractivity contribution is 7.80. The molecule has 10 heteroatoms. The van der Waals surface area contributed by atoms with Gasteiger partial charge in [0.1, 0.15) is 0 Å². The molecule has 0 atom stereocenters. The predicted molar refractivity (Wildman–Crippen MR) is 127 cm³/mol. The van der Waals surface area contributed by atoms with Gasteiger partial charge in [-0.25, -0.2) is 0 Å². The first-order valence-electron chi connectivity index (χ1n) is 10.3. The smallest absolute Gasteiger partial charge is 0.270 e. The number of thiocarbonyl (C=S) groups is 1. The van der Waals surface area contributed by atoms with Crippen molar-refractivity contribution >= 4 is 46.2 Å². The molecule has 168 valence electrons. The van der Waals surface area contributed by atoms with Crippen molar-refractivity contribution in [3.63, 3.8) is 0 Å². The average Bonchev–Trinajstić information content (AvgIpc) is 2.79. The summed E-state index contributed by atoms with van der Waals surface area (Å²) in [5.41, 5.74) is 1.61. The second kappa shape index (κ2) is 10.2. The van der Waals surface area contributed by atoms with Crippen molar-refractivity contribution in [1.82, 2.24) is 10.2 Å². The summed E-state index contributed by atoms with van der Waals surface area (Å²) in [6, 6.07) is 13.0. The number of hydrogen-bond acceptors (Lipinski definition) is 6. The molecule has 0 unspecified atom stereocenters. The van der Waals surface area contributed by atoms with E-state index in [0.717, 1.165) is 11.4 Å². The normalized spacial score (nSPS) is 13.6. The van der Waals surface area contributed by atoms with E-state index in [9.17, 15) is 19.7 Å². The zero-order valence-electron chi connectivity index (χ0n) is 17.9. The van der Waals surface area contributed by atoms with Gasteiger partial charge in [0.25, 0.3) is 11.6 Å². The zero-order valence-corrected chi connectivity index (χ0v) is 18.7. The van der Waals surface area contributed by atoms with Gasteiger partial charge < -0.3 is 15.1 Å². The summed E-state index contributed by atoms with van der Waals surface area (Å²) >= 11 is 5.29. The van der Waals surface area contributed by atoms with E-state index in [1.807, 2.05) is 43.0 Å². The minimum absolute atomic E-state index is 0.0254. The fraction of sp³-hybridized carbons (Fsp3) is 0.318. The second-order valence-electron chi connectivity index (χ2n) is 7.70. The van der Waals surface area contributed by atoms with Crippen molar-refractivity contribution in [1.29, 1.82) is 0 Å². The highest BCUT2D eigenvalue weighted by Gasteiger charge is 2.24. The van der Waals surface area contributed by atoms with Crippen molar-refractivity contribution in [3.8, 4) is 0 Å². The number of piperazine rings is 1. The monoisotopic (exact) mass is 455 g/mol. The number of nitrogens with zero attached hydrogens (tertiary/aromatic N) is 3. The lowest BCUT2D eigenvalue weighted by Gasteiger charge is -2.37. The molecule has 1 aliphatic heterocycles. The van der Waals surface area contributed by atoms with E-state index in [1.165, 1.54) is 24.3 Å². The quantitative estimate of drug-likeness (QED) is 0.405. The lowest BCUT2D eigenvalue weighted by atomic mass is 10.1. The number of nitro benzene ring substituents is 1. The average molecular weight is 456 g/mol. The molecule has 0 aliphatic carbocycles. The van der Waals surface area contributed by atoms with Crippen LogP contribution in [0.2, 0.25) is 0 Å². The van der Waals surface area contributed by atoms with E-state index in [2.05, 4.69) is 15.5 Å². The number of rotatable bonds is 5. The largest absolute Gasteiger partial charge is 0.366 e. The lowest BCUT2D eigenvalue weighted by Crippen LogP contribution is -2.50. The van der Waals surface area contributed by atoms with Gasteiger partial charge in [-0.1, -0.05) is 32.0 Å². The minimum atomic E-state index is -0.557. The molecule has 1 heterocycles. The molecule has 9 nitrogen and oxygen atoms in total. The molecule has 2 amide bonds. The summed E-state index contributed by atoms with van der Waals surface area (Å²) in [5.74, 6) is -0.409. The molecule has 1 saturated heterocycles. The highest BCUT2D eigenvalue weighted by atomic mass is 32.1. The van der Waals surface area contributed by atoms with Crippen LogP contribution in [-0.2, 0) is 4.79 Å². The third-order valence-electron chi connectivity index (χ3n) is 5.12. The number of nitro groups is 1. The Bertz CT molecular complexity index is 1030. The van der Waals surface area contributed by atoms with Crippen LogP contribution in [0.15, 0.2) is 48.5 Å². The Morgan fingerprint density at radius 2 is 1.75 bits per heavy atom. The SMILES string of the molecule is CC(C)C(=O)N1CCN(c2ccccc2NC(=S)NC(=O)c2cccc([N+](=O)[O-])c2)CC1. The lowest BCUT2D eigenvalue weighted by molar-refractivity contribution is -0.384. The number of amides is 2. The Morgan fingerprint density at radius 1 is 1.06 bits per heavy atom. The highest BCUT2D eigenvalue weighted by Crippen LogP contribution is 2.27. The van der Waals surface area contributed by atoms with Crippen molar-refractivity contribution in [2.75, 3.05) is 36.4 Å². The summed E-state index contributed by atoms with van der Waals surface area (Å²) in [6.07, 6.45) is 0. The summed E-state index contributed by atoms with van der Waals surface area (Å²) in [6.45, 7) is 6.44. The number of nitrogens with one attached hydrogen (secondary N) is 2. The molecule has 1 fully saturated rings. The maximum atomic E-state index is 12.5. The van der Waals surface area contributed by atoms with E-state index >= 15 is 0 Å². The third-order valence-corrected chi connectivity index (χ3v) is 5.33. The summed E-state index contributed by atoms with van der Waals surface area (Å²) in [4.78, 5) is 39.1. The molecule has 0 spiro atoms. The number of hydrogen-bond donors (Lipinski definition) is 2. The van der Waals surface area contributed by atoms with Crippen LogP contribution in [0.3, 0.4) is 0 Å². The predicted octanol–water partition coefficient (Wildman–Crippen LogP) is 3.03. The molecule has 3 rings (SSSR count). The summed E-state index contributed by atoms with van der Waals surface area (Å²) in [7, 11) is 0. The van der Waals surface area contributed by atoms with Gasteiger partial charge in [-0.3, -0.25) is 25.0 Å². The number of carbonyl (C=O) groups excluding carboxylic acids is 2. The van der Waals surface area contributed by atoms with Crippen LogP contribution >= 0.6 is 12.2 Å². The van der Waals surface area contributed by atoms with Gasteiger partial charge >= 0.3 is 0 Å². The first-order chi connectivity index (χ1) is 15.3. The van der Waals surface area contributed by atoms with Crippen molar-refractivity contribution < 1.29 is 14.5 Å². The van der Waals surface area contributed by atoms with E-state index in [-0.39, 0.29) is 28.2 Å². The molecule has 2 aromatic rings. The van der Waals surface area contributed by atoms with E-state index < -0.39 is 10.8 Å². The third kappa shape index (κ3) is 5.58. The van der Waals surface area contributed by atoms with Crippen LogP contribution in [0.5, 0.6) is 0 Å². The molecule has 0 saturated carbocycles. The van der Waals surface area contributed by atoms with Gasteiger partial charge in [0.15, 0.2) is 5.11 Å². The number of non-ortho nitro benzene ring substituents is 1. The fourth-order valence-corrected chi connectivity index (χ4v) is 3.68. The molecule has 0 aromatic heterocycles. The maximum absolute atomic E-state index is 12.5. The van der Waals surface area contributed by atoms with Crippen molar-refractivity contribution in [2.45, 2.75) is 13.8 Å². The van der Waals surface area contributed by atoms with Crippen LogP contribution < -0.4 is 15.5 Å². The first-order valence-corrected chi connectivity index (χ1v) is 10.7. The molecule has 32 heavy (non-hydrogen) atoms. The molecule has 0 bridgehead atoms. The van der Waals surface area contributed by atoms with Crippen molar-refractivity contribution in [2.24, 2.45) is 5.92 Å². The molecule has 2 aromatic carbocycles. The Hall–Kier alpha value is -3.53. The van der Waals surface area contributed by atoms with Gasteiger partial charge in [-0.15, -0.1) is 0 Å². The van der Waals surface area contributed by atoms with Crippen LogP contribution in [0.4, 0.5) is 17.1 Å². The minimum Gasteiger partial charge on any atom is -0.366 e. The number of anilines is 2. The number of benzene rings is 2. The Balaban J connectivity index is 1.64. The number of para-hydroxylation sites is 2. The summed E-state index contributed by atoms with van der Waals surface area (Å²) < 4.78 is 0. The molecule has 2 N–H and O–H groups in total. The van der Waals surface area contributed by atoms with Gasteiger partial charge in [-0.05, 0) is 30.4 Å². The first kappa shape index (κ1) is 23.1. The fourth-order valence-electron chi connectivity index (χ4n) is 3.48. The van der Waals surface area contributed by atoms with Crippen LogP contribution in [-0.4, -0.2) is 52.9 Å². The molecular weight excluding hydrogens is 430 g/mol. The van der Waals surface area contributed by atoms with Gasteiger partial charge in [0.2, 0.25) is 5.91 Å². The molecule has 0 radical (unpaired) electrons. The Morgan fingerprint density at radius 3 is 2.41 bits per heavy atom. The van der Waals surface area contributed by atoms with Crippen LogP contribution in [0, 0.1) is 16.0 Å². The van der Waals surface area contributed by atoms with Crippen LogP contribution in [0.1, 0.15) is 24.2 Å². The maximum Gasteiger partial charge on any atom is 0.270 e. The standard InChI is InChI=1S/C22H25N5O4S/c1-15(2)21(29)26-12-10-25(11-13-26)19-9-4-3-8-18(19)23-22(32)24-20(28)16-6-5-7-17(14-16)27(30)31/h3-9,14-15H,10-13H2,1-2H3,(H2,23,24,28,32). The van der Waals surface area contributed by atoms with Gasteiger partial charge in [-0.2, -0.15) is 0 Å². The zero-order chi connectivity index (χ0) is 23.3. The van der Waals surface area contributed by atoms with E-state index in [4.69, 9.17) is 12.2 Å².